The Morgan fingerprint density at radius 2 is 1.80 bits per heavy atom. The van der Waals surface area contributed by atoms with E-state index in [9.17, 15) is 14.4 Å². The van der Waals surface area contributed by atoms with Crippen LogP contribution in [0.1, 0.15) is 26.2 Å². The van der Waals surface area contributed by atoms with Crippen LogP contribution in [0, 0.1) is 5.92 Å². The molecule has 0 aliphatic heterocycles. The van der Waals surface area contributed by atoms with Crippen LogP contribution in [-0.2, 0) is 19.1 Å². The zero-order valence-electron chi connectivity index (χ0n) is 11.3. The average molecular weight is 308 g/mol. The molecule has 0 aliphatic rings. The third-order valence-corrected chi connectivity index (χ3v) is 3.57. The first-order chi connectivity index (χ1) is 9.43. The highest BCUT2D eigenvalue weighted by atomic mass is 32.2. The lowest BCUT2D eigenvalue weighted by Crippen LogP contribution is -2.35. The lowest BCUT2D eigenvalue weighted by Gasteiger charge is -2.16. The smallest absolute Gasteiger partial charge is 0.345 e. The van der Waals surface area contributed by atoms with Crippen LogP contribution in [0.4, 0.5) is 0 Å². The first-order valence-corrected chi connectivity index (χ1v) is 7.44. The zero-order chi connectivity index (χ0) is 15.5. The largest absolute Gasteiger partial charge is 0.481 e. The molecule has 0 aromatic carbocycles. The Bertz CT molecular complexity index is 332. The maximum Gasteiger partial charge on any atom is 0.345 e. The highest BCUT2D eigenvalue weighted by Gasteiger charge is 2.31. The van der Waals surface area contributed by atoms with E-state index in [4.69, 9.17) is 15.3 Å². The molecule has 2 atom stereocenters. The fourth-order valence-electron chi connectivity index (χ4n) is 1.25. The predicted octanol–water partition coefficient (Wildman–Crippen LogP) is 0.599. The lowest BCUT2D eigenvalue weighted by atomic mass is 10.1. The molecule has 0 spiro atoms. The zero-order valence-corrected chi connectivity index (χ0v) is 12.1. The quantitative estimate of drug-likeness (QED) is 0.288. The predicted molar refractivity (Wildman–Crippen MR) is 72.6 cm³/mol. The number of hydrogen-bond acceptors (Lipinski definition) is 6. The van der Waals surface area contributed by atoms with Gasteiger partial charge in [-0.2, -0.15) is 11.8 Å². The van der Waals surface area contributed by atoms with E-state index < -0.39 is 36.5 Å². The summed E-state index contributed by atoms with van der Waals surface area (Å²) in [6.45, 7) is 1.12. The van der Waals surface area contributed by atoms with Gasteiger partial charge in [0, 0.05) is 6.42 Å². The molecular formula is C12H20O7S. The molecule has 8 heteroatoms. The molecule has 0 aromatic rings. The molecule has 0 saturated carbocycles. The summed E-state index contributed by atoms with van der Waals surface area (Å²) in [5.74, 6) is -4.45. The van der Waals surface area contributed by atoms with Gasteiger partial charge in [-0.3, -0.25) is 9.59 Å². The third kappa shape index (κ3) is 7.34. The minimum absolute atomic E-state index is 0.104. The second kappa shape index (κ2) is 10.5. The van der Waals surface area contributed by atoms with E-state index in [0.717, 1.165) is 18.6 Å². The van der Waals surface area contributed by atoms with E-state index in [1.54, 1.807) is 11.8 Å². The Labute approximate surface area is 121 Å². The highest BCUT2D eigenvalue weighted by Crippen LogP contribution is 2.12. The molecule has 0 amide bonds. The molecule has 0 rings (SSSR count). The van der Waals surface area contributed by atoms with E-state index >= 15 is 0 Å². The van der Waals surface area contributed by atoms with Gasteiger partial charge in [0.15, 0.2) is 12.0 Å². The van der Waals surface area contributed by atoms with Gasteiger partial charge in [0.2, 0.25) is 0 Å². The van der Waals surface area contributed by atoms with Gasteiger partial charge in [0.25, 0.3) is 0 Å². The normalized spacial score (nSPS) is 13.5. The van der Waals surface area contributed by atoms with Gasteiger partial charge >= 0.3 is 17.9 Å². The number of rotatable bonds is 11. The van der Waals surface area contributed by atoms with Gasteiger partial charge < -0.3 is 20.1 Å². The number of aliphatic hydroxyl groups is 1. The van der Waals surface area contributed by atoms with Crippen LogP contribution >= 0.6 is 11.8 Å². The molecule has 2 unspecified atom stereocenters. The maximum atomic E-state index is 11.4. The van der Waals surface area contributed by atoms with Crippen LogP contribution in [0.25, 0.3) is 0 Å². The van der Waals surface area contributed by atoms with Crippen molar-refractivity contribution in [3.63, 3.8) is 0 Å². The molecule has 0 aliphatic carbocycles. The van der Waals surface area contributed by atoms with Crippen molar-refractivity contribution in [3.05, 3.63) is 0 Å². The number of carbonyl (C=O) groups excluding carboxylic acids is 1. The van der Waals surface area contributed by atoms with E-state index in [1.807, 2.05) is 6.92 Å². The lowest BCUT2D eigenvalue weighted by molar-refractivity contribution is -0.172. The van der Waals surface area contributed by atoms with Crippen molar-refractivity contribution in [2.24, 2.45) is 5.92 Å². The van der Waals surface area contributed by atoms with Gasteiger partial charge in [0.05, 0.1) is 6.61 Å². The number of thioether (sulfide) groups is 1. The van der Waals surface area contributed by atoms with Crippen LogP contribution in [0.15, 0.2) is 0 Å². The molecule has 0 radical (unpaired) electrons. The van der Waals surface area contributed by atoms with Crippen molar-refractivity contribution in [2.45, 2.75) is 32.3 Å². The molecule has 3 N–H and O–H groups in total. The van der Waals surface area contributed by atoms with Gasteiger partial charge in [-0.25, -0.2) is 4.79 Å². The number of ether oxygens (including phenoxy) is 1. The number of carbonyl (C=O) groups is 3. The Hall–Kier alpha value is -1.28. The topological polar surface area (TPSA) is 121 Å². The SMILES string of the molecule is CCCCSCCC(OC(=O)C(CO)C(=O)O)C(=O)O. The Morgan fingerprint density at radius 3 is 2.25 bits per heavy atom. The van der Waals surface area contributed by atoms with Crippen LogP contribution in [0.2, 0.25) is 0 Å². The number of carboxylic acid groups (broad SMARTS) is 2. The number of aliphatic carboxylic acids is 2. The first kappa shape index (κ1) is 18.7. The van der Waals surface area contributed by atoms with Crippen molar-refractivity contribution < 1.29 is 34.4 Å². The van der Waals surface area contributed by atoms with Crippen molar-refractivity contribution >= 4 is 29.7 Å². The second-order valence-corrected chi connectivity index (χ2v) is 5.32. The molecular weight excluding hydrogens is 288 g/mol. The van der Waals surface area contributed by atoms with Crippen LogP contribution in [0.5, 0.6) is 0 Å². The third-order valence-electron chi connectivity index (χ3n) is 2.47. The molecule has 0 aromatic heterocycles. The monoisotopic (exact) mass is 308 g/mol. The van der Waals surface area contributed by atoms with E-state index in [-0.39, 0.29) is 6.42 Å². The molecule has 116 valence electrons. The second-order valence-electron chi connectivity index (χ2n) is 4.09. The fourth-order valence-corrected chi connectivity index (χ4v) is 2.33. The van der Waals surface area contributed by atoms with Crippen molar-refractivity contribution in [1.82, 2.24) is 0 Å². The van der Waals surface area contributed by atoms with Crippen molar-refractivity contribution in [3.8, 4) is 0 Å². The minimum atomic E-state index is -1.75. The maximum absolute atomic E-state index is 11.4. The molecule has 7 nitrogen and oxygen atoms in total. The molecule has 0 heterocycles. The minimum Gasteiger partial charge on any atom is -0.481 e. The number of aliphatic hydroxyl groups excluding tert-OH is 1. The summed E-state index contributed by atoms with van der Waals surface area (Å²) in [4.78, 5) is 33.0. The Balaban J connectivity index is 4.29. The molecule has 0 saturated heterocycles. The first-order valence-electron chi connectivity index (χ1n) is 6.28. The number of hydrogen-bond donors (Lipinski definition) is 3. The van der Waals surface area contributed by atoms with E-state index in [1.165, 1.54) is 0 Å². The fraction of sp³-hybridized carbons (Fsp3) is 0.750. The molecule has 20 heavy (non-hydrogen) atoms. The standard InChI is InChI=1S/C12H20O7S/c1-2-3-5-20-6-4-9(11(16)17)19-12(18)8(7-13)10(14)15/h8-9,13H,2-7H2,1H3,(H,14,15)(H,16,17). The Kier molecular flexibility index (Phi) is 9.83. The van der Waals surface area contributed by atoms with E-state index in [0.29, 0.717) is 5.75 Å². The van der Waals surface area contributed by atoms with Crippen molar-refractivity contribution in [1.29, 1.82) is 0 Å². The molecule has 0 fully saturated rings. The number of carboxylic acids is 2. The number of unbranched alkanes of at least 4 members (excludes halogenated alkanes) is 1. The average Bonchev–Trinajstić information content (AvgIpc) is 2.37. The summed E-state index contributed by atoms with van der Waals surface area (Å²) in [5, 5.41) is 26.3. The van der Waals surface area contributed by atoms with Gasteiger partial charge in [-0.15, -0.1) is 0 Å². The summed E-state index contributed by atoms with van der Waals surface area (Å²) in [6, 6.07) is 0. The molecule has 0 bridgehead atoms. The van der Waals surface area contributed by atoms with Gasteiger partial charge in [0.1, 0.15) is 0 Å². The summed E-state index contributed by atoms with van der Waals surface area (Å²) >= 11 is 1.55. The van der Waals surface area contributed by atoms with E-state index in [2.05, 4.69) is 4.74 Å². The Morgan fingerprint density at radius 1 is 1.15 bits per heavy atom. The summed E-state index contributed by atoms with van der Waals surface area (Å²) < 4.78 is 4.64. The van der Waals surface area contributed by atoms with Gasteiger partial charge in [-0.1, -0.05) is 13.3 Å². The van der Waals surface area contributed by atoms with Crippen LogP contribution in [0.3, 0.4) is 0 Å². The summed E-state index contributed by atoms with van der Waals surface area (Å²) in [6.07, 6.45) is 0.785. The number of esters is 1. The van der Waals surface area contributed by atoms with Gasteiger partial charge in [-0.05, 0) is 17.9 Å². The highest BCUT2D eigenvalue weighted by molar-refractivity contribution is 7.99. The summed E-state index contributed by atoms with van der Waals surface area (Å²) in [5.41, 5.74) is 0. The van der Waals surface area contributed by atoms with Crippen molar-refractivity contribution in [2.75, 3.05) is 18.1 Å². The van der Waals surface area contributed by atoms with Crippen LogP contribution in [-0.4, -0.2) is 57.4 Å². The van der Waals surface area contributed by atoms with Crippen LogP contribution < -0.4 is 0 Å². The summed E-state index contributed by atoms with van der Waals surface area (Å²) in [7, 11) is 0.